The monoisotopic (exact) mass is 313 g/mol. The molecule has 7 heteroatoms. The summed E-state index contributed by atoms with van der Waals surface area (Å²) < 4.78 is 26.1. The lowest BCUT2D eigenvalue weighted by Crippen LogP contribution is -2.34. The Labute approximate surface area is 124 Å². The number of hydrogen-bond acceptors (Lipinski definition) is 3. The minimum atomic E-state index is -0.925. The van der Waals surface area contributed by atoms with Crippen LogP contribution in [0.1, 0.15) is 6.42 Å². The van der Waals surface area contributed by atoms with E-state index in [1.165, 1.54) is 6.07 Å². The number of nitrogens with one attached hydrogen (secondary N) is 1. The fourth-order valence-electron chi connectivity index (χ4n) is 1.97. The van der Waals surface area contributed by atoms with E-state index in [9.17, 15) is 18.4 Å². The molecule has 0 aromatic heterocycles. The molecule has 0 bridgehead atoms. The molecule has 2 unspecified atom stereocenters. The Morgan fingerprint density at radius 2 is 2.10 bits per heavy atom. The lowest BCUT2D eigenvalue weighted by Gasteiger charge is -2.12. The summed E-state index contributed by atoms with van der Waals surface area (Å²) in [4.78, 5) is 22.7. The summed E-state index contributed by atoms with van der Waals surface area (Å²) in [6.45, 7) is 0. The Bertz CT molecular complexity index is 592. The lowest BCUT2D eigenvalue weighted by atomic mass is 10.1. The number of thioether (sulfide) groups is 1. The van der Waals surface area contributed by atoms with E-state index in [1.807, 2.05) is 0 Å². The predicted molar refractivity (Wildman–Crippen MR) is 73.9 cm³/mol. The molecular weight excluding hydrogens is 300 g/mol. The average Bonchev–Trinajstić information content (AvgIpc) is 2.86. The van der Waals surface area contributed by atoms with E-state index >= 15 is 0 Å². The Kier molecular flexibility index (Phi) is 4.95. The second-order valence-electron chi connectivity index (χ2n) is 4.60. The molecule has 2 N–H and O–H groups in total. The number of carbonyl (C=O) groups is 2. The van der Waals surface area contributed by atoms with Gasteiger partial charge in [0.15, 0.2) is 0 Å². The molecule has 112 valence electrons. The van der Waals surface area contributed by atoms with Crippen LogP contribution in [0.4, 0.5) is 8.78 Å². The Hall–Kier alpha value is -1.89. The molecular formula is C14H13F2NO3S. The van der Waals surface area contributed by atoms with Gasteiger partial charge in [-0.25, -0.2) is 8.78 Å². The first-order valence-electron chi connectivity index (χ1n) is 6.24. The third-order valence-corrected chi connectivity index (χ3v) is 4.05. The summed E-state index contributed by atoms with van der Waals surface area (Å²) in [7, 11) is 0. The van der Waals surface area contributed by atoms with Crippen LogP contribution < -0.4 is 5.32 Å². The highest BCUT2D eigenvalue weighted by atomic mass is 32.2. The van der Waals surface area contributed by atoms with Crippen LogP contribution in [0.15, 0.2) is 35.2 Å². The molecule has 4 nitrogen and oxygen atoms in total. The second-order valence-corrected chi connectivity index (χ2v) is 5.62. The van der Waals surface area contributed by atoms with Gasteiger partial charge in [-0.2, -0.15) is 0 Å². The van der Waals surface area contributed by atoms with Crippen molar-refractivity contribution in [2.75, 3.05) is 5.75 Å². The van der Waals surface area contributed by atoms with Crippen molar-refractivity contribution in [3.05, 3.63) is 42.0 Å². The molecule has 0 radical (unpaired) electrons. The van der Waals surface area contributed by atoms with Crippen molar-refractivity contribution in [3.8, 4) is 0 Å². The third kappa shape index (κ3) is 4.29. The topological polar surface area (TPSA) is 66.4 Å². The Morgan fingerprint density at radius 1 is 1.33 bits per heavy atom. The van der Waals surface area contributed by atoms with Gasteiger partial charge in [-0.1, -0.05) is 12.2 Å². The molecule has 2 rings (SSSR count). The number of aliphatic carboxylic acids is 1. The van der Waals surface area contributed by atoms with Crippen molar-refractivity contribution in [2.45, 2.75) is 17.4 Å². The van der Waals surface area contributed by atoms with Gasteiger partial charge in [0.05, 0.1) is 11.7 Å². The second kappa shape index (κ2) is 6.71. The van der Waals surface area contributed by atoms with Gasteiger partial charge in [-0.05, 0) is 18.6 Å². The Balaban J connectivity index is 1.81. The van der Waals surface area contributed by atoms with Crippen LogP contribution in [0.2, 0.25) is 0 Å². The lowest BCUT2D eigenvalue weighted by molar-refractivity contribution is -0.140. The maximum atomic E-state index is 13.4. The van der Waals surface area contributed by atoms with E-state index in [-0.39, 0.29) is 22.6 Å². The first-order valence-corrected chi connectivity index (χ1v) is 7.22. The largest absolute Gasteiger partial charge is 0.481 e. The quantitative estimate of drug-likeness (QED) is 0.646. The molecule has 1 aliphatic rings. The van der Waals surface area contributed by atoms with Gasteiger partial charge in [-0.15, -0.1) is 11.8 Å². The van der Waals surface area contributed by atoms with Gasteiger partial charge in [0.2, 0.25) is 5.91 Å². The molecule has 1 amide bonds. The fourth-order valence-corrected chi connectivity index (χ4v) is 2.70. The first-order chi connectivity index (χ1) is 9.95. The summed E-state index contributed by atoms with van der Waals surface area (Å²) in [5.74, 6) is -3.24. The SMILES string of the molecule is O=C(CSc1ccc(F)cc1F)NC1C=CC(C(=O)O)C1. The summed E-state index contributed by atoms with van der Waals surface area (Å²) >= 11 is 0.960. The highest BCUT2D eigenvalue weighted by molar-refractivity contribution is 8.00. The van der Waals surface area contributed by atoms with Gasteiger partial charge >= 0.3 is 5.97 Å². The number of carboxylic acids is 1. The van der Waals surface area contributed by atoms with Crippen LogP contribution in [0.5, 0.6) is 0 Å². The number of rotatable bonds is 5. The highest BCUT2D eigenvalue weighted by Gasteiger charge is 2.25. The van der Waals surface area contributed by atoms with Crippen molar-refractivity contribution in [3.63, 3.8) is 0 Å². The van der Waals surface area contributed by atoms with Crippen LogP contribution in [0.25, 0.3) is 0 Å². The number of halogens is 2. The van der Waals surface area contributed by atoms with Gasteiger partial charge < -0.3 is 10.4 Å². The van der Waals surface area contributed by atoms with E-state index in [1.54, 1.807) is 12.2 Å². The number of hydrogen-bond donors (Lipinski definition) is 2. The molecule has 21 heavy (non-hydrogen) atoms. The van der Waals surface area contributed by atoms with E-state index in [4.69, 9.17) is 5.11 Å². The minimum absolute atomic E-state index is 0.0232. The predicted octanol–water partition coefficient (Wildman–Crippen LogP) is 2.20. The van der Waals surface area contributed by atoms with Crippen LogP contribution in [-0.2, 0) is 9.59 Å². The number of carbonyl (C=O) groups excluding carboxylic acids is 1. The highest BCUT2D eigenvalue weighted by Crippen LogP contribution is 2.23. The Morgan fingerprint density at radius 3 is 2.71 bits per heavy atom. The van der Waals surface area contributed by atoms with E-state index < -0.39 is 23.5 Å². The first kappa shape index (κ1) is 15.5. The van der Waals surface area contributed by atoms with Gasteiger partial charge in [0.1, 0.15) is 11.6 Å². The van der Waals surface area contributed by atoms with Crippen LogP contribution in [0, 0.1) is 17.6 Å². The van der Waals surface area contributed by atoms with Crippen molar-refractivity contribution in [1.82, 2.24) is 5.32 Å². The van der Waals surface area contributed by atoms with Crippen LogP contribution in [0.3, 0.4) is 0 Å². The van der Waals surface area contributed by atoms with Crippen molar-refractivity contribution in [1.29, 1.82) is 0 Å². The summed E-state index contributed by atoms with van der Waals surface area (Å²) in [5, 5.41) is 11.5. The molecule has 1 aliphatic carbocycles. The van der Waals surface area contributed by atoms with E-state index in [0.717, 1.165) is 23.9 Å². The zero-order valence-corrected chi connectivity index (χ0v) is 11.7. The van der Waals surface area contributed by atoms with Gasteiger partial charge in [-0.3, -0.25) is 9.59 Å². The molecule has 1 aromatic carbocycles. The molecule has 0 saturated heterocycles. The van der Waals surface area contributed by atoms with E-state index in [2.05, 4.69) is 5.32 Å². The van der Waals surface area contributed by atoms with Crippen LogP contribution in [-0.4, -0.2) is 28.8 Å². The number of amides is 1. The third-order valence-electron chi connectivity index (χ3n) is 3.00. The number of benzene rings is 1. The maximum absolute atomic E-state index is 13.4. The average molecular weight is 313 g/mol. The number of carboxylic acid groups (broad SMARTS) is 1. The maximum Gasteiger partial charge on any atom is 0.310 e. The van der Waals surface area contributed by atoms with Crippen molar-refractivity contribution < 1.29 is 23.5 Å². The van der Waals surface area contributed by atoms with Crippen molar-refractivity contribution >= 4 is 23.6 Å². The molecule has 0 fully saturated rings. The fraction of sp³-hybridized carbons (Fsp3) is 0.286. The molecule has 0 heterocycles. The van der Waals surface area contributed by atoms with Crippen molar-refractivity contribution in [2.24, 2.45) is 5.92 Å². The van der Waals surface area contributed by atoms with Gasteiger partial charge in [0, 0.05) is 17.0 Å². The van der Waals surface area contributed by atoms with E-state index in [0.29, 0.717) is 6.42 Å². The standard InChI is InChI=1S/C14H13F2NO3S/c15-9-2-4-12(11(16)6-9)21-7-13(18)17-10-3-1-8(5-10)14(19)20/h1-4,6,8,10H,5,7H2,(H,17,18)(H,19,20). The molecule has 2 atom stereocenters. The molecule has 1 aromatic rings. The zero-order chi connectivity index (χ0) is 15.4. The summed E-state index contributed by atoms with van der Waals surface area (Å²) in [6, 6.07) is 2.84. The summed E-state index contributed by atoms with van der Waals surface area (Å²) in [6.07, 6.45) is 3.50. The summed E-state index contributed by atoms with van der Waals surface area (Å²) in [5.41, 5.74) is 0. The van der Waals surface area contributed by atoms with Gasteiger partial charge in [0.25, 0.3) is 0 Å². The zero-order valence-electron chi connectivity index (χ0n) is 10.9. The smallest absolute Gasteiger partial charge is 0.310 e. The molecule has 0 saturated carbocycles. The minimum Gasteiger partial charge on any atom is -0.481 e. The normalized spacial score (nSPS) is 20.5. The molecule has 0 spiro atoms. The molecule has 0 aliphatic heterocycles. The van der Waals surface area contributed by atoms with Crippen LogP contribution >= 0.6 is 11.8 Å².